The summed E-state index contributed by atoms with van der Waals surface area (Å²) >= 11 is 0. The fourth-order valence-corrected chi connectivity index (χ4v) is 3.98. The maximum Gasteiger partial charge on any atom is 0.121 e. The molecule has 1 atom stereocenters. The third kappa shape index (κ3) is 2.46. The highest BCUT2D eigenvalue weighted by molar-refractivity contribution is 5.41. The van der Waals surface area contributed by atoms with Crippen molar-refractivity contribution in [3.63, 3.8) is 0 Å². The Morgan fingerprint density at radius 2 is 1.59 bits per heavy atom. The number of aryl methyl sites for hydroxylation is 3. The second-order valence-electron chi connectivity index (χ2n) is 6.64. The molecule has 0 fully saturated rings. The highest BCUT2D eigenvalue weighted by Crippen LogP contribution is 2.32. The Morgan fingerprint density at radius 1 is 0.818 bits per heavy atom. The molecule has 0 saturated heterocycles. The van der Waals surface area contributed by atoms with Gasteiger partial charge < -0.3 is 5.11 Å². The fraction of sp³-hybridized carbons (Fsp3) is 0.450. The van der Waals surface area contributed by atoms with Crippen LogP contribution in [0.25, 0.3) is 0 Å². The number of pyridine rings is 1. The molecule has 1 heterocycles. The highest BCUT2D eigenvalue weighted by atomic mass is 16.3. The molecular weight excluding hydrogens is 270 g/mol. The van der Waals surface area contributed by atoms with Gasteiger partial charge in [-0.25, -0.2) is 0 Å². The molecule has 0 radical (unpaired) electrons. The molecule has 1 unspecified atom stereocenters. The Hall–Kier alpha value is -1.67. The van der Waals surface area contributed by atoms with Gasteiger partial charge in [0.1, 0.15) is 6.10 Å². The number of aromatic nitrogens is 1. The number of benzene rings is 1. The van der Waals surface area contributed by atoms with E-state index in [1.807, 2.05) is 6.07 Å². The van der Waals surface area contributed by atoms with E-state index >= 15 is 0 Å². The maximum absolute atomic E-state index is 10.9. The molecular formula is C20H23NO. The van der Waals surface area contributed by atoms with Crippen LogP contribution in [0.1, 0.15) is 65.4 Å². The largest absolute Gasteiger partial charge is 0.382 e. The van der Waals surface area contributed by atoms with Crippen molar-refractivity contribution in [1.29, 1.82) is 0 Å². The van der Waals surface area contributed by atoms with Crippen molar-refractivity contribution in [1.82, 2.24) is 4.98 Å². The first-order valence-electron chi connectivity index (χ1n) is 8.60. The van der Waals surface area contributed by atoms with Gasteiger partial charge in [0.25, 0.3) is 0 Å². The number of rotatable bonds is 2. The molecule has 0 amide bonds. The summed E-state index contributed by atoms with van der Waals surface area (Å²) < 4.78 is 0. The monoisotopic (exact) mass is 293 g/mol. The van der Waals surface area contributed by atoms with Gasteiger partial charge >= 0.3 is 0 Å². The van der Waals surface area contributed by atoms with Gasteiger partial charge in [0.15, 0.2) is 0 Å². The van der Waals surface area contributed by atoms with E-state index in [2.05, 4.69) is 24.3 Å². The minimum atomic E-state index is -0.583. The molecule has 1 aromatic carbocycles. The zero-order chi connectivity index (χ0) is 14.9. The van der Waals surface area contributed by atoms with E-state index in [4.69, 9.17) is 4.98 Å². The van der Waals surface area contributed by atoms with E-state index < -0.39 is 6.10 Å². The summed E-state index contributed by atoms with van der Waals surface area (Å²) in [5.41, 5.74) is 7.24. The van der Waals surface area contributed by atoms with Crippen molar-refractivity contribution in [3.05, 3.63) is 64.0 Å². The number of aliphatic hydroxyl groups excluding tert-OH is 1. The number of hydrogen-bond donors (Lipinski definition) is 1. The van der Waals surface area contributed by atoms with E-state index in [1.165, 1.54) is 48.1 Å². The lowest BCUT2D eigenvalue weighted by molar-refractivity contribution is 0.213. The van der Waals surface area contributed by atoms with Crippen LogP contribution in [-0.4, -0.2) is 10.1 Å². The summed E-state index contributed by atoms with van der Waals surface area (Å²) in [5.74, 6) is 0. The van der Waals surface area contributed by atoms with E-state index in [-0.39, 0.29) is 0 Å². The summed E-state index contributed by atoms with van der Waals surface area (Å²) in [6, 6.07) is 10.6. The average Bonchev–Trinajstić information content (AvgIpc) is 2.60. The smallest absolute Gasteiger partial charge is 0.121 e. The van der Waals surface area contributed by atoms with E-state index in [0.29, 0.717) is 0 Å². The van der Waals surface area contributed by atoms with Gasteiger partial charge in [-0.3, -0.25) is 4.98 Å². The van der Waals surface area contributed by atoms with Crippen LogP contribution in [0, 0.1) is 0 Å². The molecule has 114 valence electrons. The van der Waals surface area contributed by atoms with Crippen molar-refractivity contribution in [2.75, 3.05) is 0 Å². The second kappa shape index (κ2) is 5.85. The van der Waals surface area contributed by atoms with E-state index in [0.717, 1.165) is 36.9 Å². The van der Waals surface area contributed by atoms with Gasteiger partial charge in [0.2, 0.25) is 0 Å². The lowest BCUT2D eigenvalue weighted by Gasteiger charge is -2.23. The number of fused-ring (bicyclic) bond motifs is 2. The summed E-state index contributed by atoms with van der Waals surface area (Å²) in [6.07, 6.45) is 8.84. The Morgan fingerprint density at radius 3 is 2.50 bits per heavy atom. The lowest BCUT2D eigenvalue weighted by Crippen LogP contribution is -2.13. The molecule has 2 aliphatic rings. The van der Waals surface area contributed by atoms with Gasteiger partial charge in [-0.15, -0.1) is 0 Å². The Kier molecular flexibility index (Phi) is 3.71. The molecule has 0 saturated carbocycles. The Bertz CT molecular complexity index is 692. The SMILES string of the molecule is OC(c1ccc2c(n1)CCCC2)c1cccc2c1CCCC2. The number of hydrogen-bond acceptors (Lipinski definition) is 2. The molecule has 2 aromatic rings. The van der Waals surface area contributed by atoms with Gasteiger partial charge in [-0.05, 0) is 79.7 Å². The zero-order valence-electron chi connectivity index (χ0n) is 13.0. The van der Waals surface area contributed by atoms with Crippen molar-refractivity contribution in [2.24, 2.45) is 0 Å². The molecule has 0 aliphatic heterocycles. The molecule has 22 heavy (non-hydrogen) atoms. The van der Waals surface area contributed by atoms with Gasteiger partial charge in [0.05, 0.1) is 5.69 Å². The topological polar surface area (TPSA) is 33.1 Å². The highest BCUT2D eigenvalue weighted by Gasteiger charge is 2.21. The summed E-state index contributed by atoms with van der Waals surface area (Å²) in [7, 11) is 0. The first-order valence-corrected chi connectivity index (χ1v) is 8.60. The molecule has 4 rings (SSSR count). The maximum atomic E-state index is 10.9. The van der Waals surface area contributed by atoms with Crippen molar-refractivity contribution in [3.8, 4) is 0 Å². The van der Waals surface area contributed by atoms with Crippen LogP contribution in [0.4, 0.5) is 0 Å². The summed E-state index contributed by atoms with van der Waals surface area (Å²) in [6.45, 7) is 0. The van der Waals surface area contributed by atoms with Crippen LogP contribution < -0.4 is 0 Å². The van der Waals surface area contributed by atoms with Crippen LogP contribution in [0.15, 0.2) is 30.3 Å². The van der Waals surface area contributed by atoms with Crippen molar-refractivity contribution < 1.29 is 5.11 Å². The number of aliphatic hydroxyl groups is 1. The van der Waals surface area contributed by atoms with Gasteiger partial charge in [-0.1, -0.05) is 24.3 Å². The molecule has 0 bridgehead atoms. The molecule has 2 heteroatoms. The fourth-order valence-electron chi connectivity index (χ4n) is 3.98. The van der Waals surface area contributed by atoms with Crippen LogP contribution >= 0.6 is 0 Å². The minimum absolute atomic E-state index is 0.583. The van der Waals surface area contributed by atoms with Crippen LogP contribution in [0.2, 0.25) is 0 Å². The van der Waals surface area contributed by atoms with Gasteiger partial charge in [-0.2, -0.15) is 0 Å². The summed E-state index contributed by atoms with van der Waals surface area (Å²) in [5, 5.41) is 10.9. The number of nitrogens with zero attached hydrogens (tertiary/aromatic N) is 1. The predicted molar refractivity (Wildman–Crippen MR) is 88.0 cm³/mol. The third-order valence-electron chi connectivity index (χ3n) is 5.21. The van der Waals surface area contributed by atoms with E-state index in [1.54, 1.807) is 0 Å². The molecule has 0 spiro atoms. The normalized spacial score (nSPS) is 18.4. The van der Waals surface area contributed by atoms with E-state index in [9.17, 15) is 5.11 Å². The van der Waals surface area contributed by atoms with Crippen molar-refractivity contribution >= 4 is 0 Å². The Balaban J connectivity index is 1.71. The standard InChI is InChI=1S/C20H23NO/c22-20(17-10-5-8-14-6-1-3-9-16(14)17)19-13-12-15-7-2-4-11-18(15)21-19/h5,8,10,12-13,20,22H,1-4,6-7,9,11H2. The van der Waals surface area contributed by atoms with Gasteiger partial charge in [0, 0.05) is 5.69 Å². The first kappa shape index (κ1) is 14.0. The lowest BCUT2D eigenvalue weighted by atomic mass is 9.85. The minimum Gasteiger partial charge on any atom is -0.382 e. The summed E-state index contributed by atoms with van der Waals surface area (Å²) in [4.78, 5) is 4.79. The van der Waals surface area contributed by atoms with Crippen LogP contribution in [0.3, 0.4) is 0 Å². The second-order valence-corrected chi connectivity index (χ2v) is 6.64. The third-order valence-corrected chi connectivity index (χ3v) is 5.21. The zero-order valence-corrected chi connectivity index (χ0v) is 13.0. The Labute approximate surface area is 132 Å². The first-order chi connectivity index (χ1) is 10.8. The van der Waals surface area contributed by atoms with Crippen LogP contribution in [-0.2, 0) is 25.7 Å². The predicted octanol–water partition coefficient (Wildman–Crippen LogP) is 3.92. The molecule has 2 nitrogen and oxygen atoms in total. The van der Waals surface area contributed by atoms with Crippen LogP contribution in [0.5, 0.6) is 0 Å². The quantitative estimate of drug-likeness (QED) is 0.910. The van der Waals surface area contributed by atoms with Crippen molar-refractivity contribution in [2.45, 2.75) is 57.5 Å². The molecule has 1 aromatic heterocycles. The molecule has 1 N–H and O–H groups in total. The molecule has 2 aliphatic carbocycles. The average molecular weight is 293 g/mol.